The van der Waals surface area contributed by atoms with Gasteiger partial charge in [-0.25, -0.2) is 0 Å². The molecule has 1 fully saturated rings. The minimum Gasteiger partial charge on any atom is -0.327 e. The first-order valence-corrected chi connectivity index (χ1v) is 2.45. The first-order chi connectivity index (χ1) is 3.70. The number of nitrogens with two attached hydrogens (primary N) is 1. The summed E-state index contributed by atoms with van der Waals surface area (Å²) in [5, 5.41) is 2.53. The third-order valence-electron chi connectivity index (χ3n) is 1.18. The lowest BCUT2D eigenvalue weighted by molar-refractivity contribution is -0.118. The van der Waals surface area contributed by atoms with Gasteiger partial charge in [-0.05, 0) is 7.05 Å². The van der Waals surface area contributed by atoms with Gasteiger partial charge in [-0.1, -0.05) is 0 Å². The van der Waals surface area contributed by atoms with Crippen LogP contribution in [0.1, 0.15) is 0 Å². The molecule has 3 N–H and O–H groups in total. The molecular weight excluding hydrogens is 106 g/mol. The van der Waals surface area contributed by atoms with Crippen LogP contribution in [0.3, 0.4) is 0 Å². The molecule has 1 aliphatic rings. The molecule has 1 rings (SSSR count). The van der Waals surface area contributed by atoms with Gasteiger partial charge in [0.2, 0.25) is 5.91 Å². The normalized spacial score (nSPS) is 30.8. The van der Waals surface area contributed by atoms with E-state index in [4.69, 9.17) is 5.73 Å². The lowest BCUT2D eigenvalue weighted by Crippen LogP contribution is -2.41. The van der Waals surface area contributed by atoms with E-state index in [1.54, 1.807) is 11.9 Å². The van der Waals surface area contributed by atoms with Crippen LogP contribution in [0, 0.1) is 0 Å². The zero-order valence-electron chi connectivity index (χ0n) is 4.72. The summed E-state index contributed by atoms with van der Waals surface area (Å²) in [6.45, 7) is 0.418. The van der Waals surface area contributed by atoms with Crippen LogP contribution in [0.2, 0.25) is 0 Å². The highest BCUT2D eigenvalue weighted by Gasteiger charge is 2.21. The highest BCUT2D eigenvalue weighted by atomic mass is 16.2. The van der Waals surface area contributed by atoms with Gasteiger partial charge in [0.15, 0.2) is 0 Å². The van der Waals surface area contributed by atoms with E-state index in [2.05, 4.69) is 5.32 Å². The van der Waals surface area contributed by atoms with E-state index in [1.807, 2.05) is 0 Å². The van der Waals surface area contributed by atoms with Crippen LogP contribution in [0.4, 0.5) is 0 Å². The van der Waals surface area contributed by atoms with Crippen molar-refractivity contribution in [1.29, 1.82) is 0 Å². The Morgan fingerprint density at radius 1 is 2.00 bits per heavy atom. The maximum atomic E-state index is 10.4. The van der Waals surface area contributed by atoms with Crippen molar-refractivity contribution in [2.45, 2.75) is 6.29 Å². The van der Waals surface area contributed by atoms with E-state index in [0.717, 1.165) is 0 Å². The zero-order chi connectivity index (χ0) is 6.15. The molecule has 4 heteroatoms. The van der Waals surface area contributed by atoms with Crippen LogP contribution in [0.15, 0.2) is 0 Å². The van der Waals surface area contributed by atoms with Gasteiger partial charge >= 0.3 is 0 Å². The largest absolute Gasteiger partial charge is 0.327 e. The Balaban J connectivity index is 2.51. The standard InChI is InChI=1S/C4H9N3O/c1-7-2-3(8)6-4(7)5/h4H,2,5H2,1H3,(H,6,8). The summed E-state index contributed by atoms with van der Waals surface area (Å²) in [6.07, 6.45) is -0.275. The summed E-state index contributed by atoms with van der Waals surface area (Å²) < 4.78 is 0. The van der Waals surface area contributed by atoms with Crippen LogP contribution in [-0.4, -0.2) is 30.7 Å². The molecule has 0 aromatic carbocycles. The van der Waals surface area contributed by atoms with Crippen molar-refractivity contribution in [1.82, 2.24) is 10.2 Å². The van der Waals surface area contributed by atoms with Gasteiger partial charge in [0, 0.05) is 0 Å². The maximum Gasteiger partial charge on any atom is 0.236 e. The minimum absolute atomic E-state index is 0.000000000000000222. The predicted octanol–water partition coefficient (Wildman–Crippen LogP) is -1.71. The molecule has 46 valence electrons. The third kappa shape index (κ3) is 0.801. The maximum absolute atomic E-state index is 10.4. The SMILES string of the molecule is CN1CC(=O)NC1N. The molecule has 1 heterocycles. The Hall–Kier alpha value is -0.610. The molecule has 0 aromatic rings. The summed E-state index contributed by atoms with van der Waals surface area (Å²) in [4.78, 5) is 12.2. The number of nitrogens with zero attached hydrogens (tertiary/aromatic N) is 1. The molecule has 0 saturated carbocycles. The molecule has 0 aliphatic carbocycles. The number of nitrogens with one attached hydrogen (secondary N) is 1. The summed E-state index contributed by atoms with van der Waals surface area (Å²) in [6, 6.07) is 0. The molecule has 0 aromatic heterocycles. The highest BCUT2D eigenvalue weighted by Crippen LogP contribution is 1.91. The van der Waals surface area contributed by atoms with Crippen molar-refractivity contribution in [3.05, 3.63) is 0 Å². The molecule has 1 atom stereocenters. The summed E-state index contributed by atoms with van der Waals surface area (Å²) in [5.74, 6) is 0.000000000000000222. The van der Waals surface area contributed by atoms with E-state index in [-0.39, 0.29) is 12.2 Å². The monoisotopic (exact) mass is 115 g/mol. The summed E-state index contributed by atoms with van der Waals surface area (Å²) in [7, 11) is 1.79. The van der Waals surface area contributed by atoms with Crippen LogP contribution in [0.5, 0.6) is 0 Å². The van der Waals surface area contributed by atoms with Crippen LogP contribution in [-0.2, 0) is 4.79 Å². The van der Waals surface area contributed by atoms with Crippen LogP contribution in [0.25, 0.3) is 0 Å². The quantitative estimate of drug-likeness (QED) is 0.395. The molecule has 4 nitrogen and oxygen atoms in total. The minimum atomic E-state index is -0.275. The molecule has 0 spiro atoms. The number of hydrogen-bond acceptors (Lipinski definition) is 3. The fraction of sp³-hybridized carbons (Fsp3) is 0.750. The second-order valence-electron chi connectivity index (χ2n) is 1.93. The second-order valence-corrected chi connectivity index (χ2v) is 1.93. The van der Waals surface area contributed by atoms with Crippen molar-refractivity contribution >= 4 is 5.91 Å². The number of amides is 1. The summed E-state index contributed by atoms with van der Waals surface area (Å²) >= 11 is 0. The number of carbonyl (C=O) groups is 1. The Bertz CT molecular complexity index is 102. The molecule has 0 radical (unpaired) electrons. The number of carbonyl (C=O) groups excluding carboxylic acids is 1. The molecular formula is C4H9N3O. The third-order valence-corrected chi connectivity index (χ3v) is 1.18. The van der Waals surface area contributed by atoms with E-state index < -0.39 is 0 Å². The van der Waals surface area contributed by atoms with Crippen molar-refractivity contribution in [2.75, 3.05) is 13.6 Å². The fourth-order valence-corrected chi connectivity index (χ4v) is 0.646. The first kappa shape index (κ1) is 5.53. The van der Waals surface area contributed by atoms with Gasteiger partial charge in [-0.15, -0.1) is 0 Å². The molecule has 0 bridgehead atoms. The first-order valence-electron chi connectivity index (χ1n) is 2.45. The predicted molar refractivity (Wildman–Crippen MR) is 28.7 cm³/mol. The zero-order valence-corrected chi connectivity index (χ0v) is 4.72. The van der Waals surface area contributed by atoms with Crippen molar-refractivity contribution < 1.29 is 4.79 Å². The van der Waals surface area contributed by atoms with Gasteiger partial charge < -0.3 is 5.32 Å². The van der Waals surface area contributed by atoms with Crippen molar-refractivity contribution in [3.8, 4) is 0 Å². The molecule has 1 saturated heterocycles. The smallest absolute Gasteiger partial charge is 0.236 e. The number of hydrogen-bond donors (Lipinski definition) is 2. The van der Waals surface area contributed by atoms with Gasteiger partial charge in [-0.2, -0.15) is 0 Å². The Morgan fingerprint density at radius 2 is 2.62 bits per heavy atom. The van der Waals surface area contributed by atoms with Crippen LogP contribution < -0.4 is 11.1 Å². The lowest BCUT2D eigenvalue weighted by Gasteiger charge is -2.10. The van der Waals surface area contributed by atoms with E-state index >= 15 is 0 Å². The van der Waals surface area contributed by atoms with Crippen LogP contribution >= 0.6 is 0 Å². The van der Waals surface area contributed by atoms with Gasteiger partial charge in [0.25, 0.3) is 0 Å². The topological polar surface area (TPSA) is 58.4 Å². The number of rotatable bonds is 0. The average molecular weight is 115 g/mol. The molecule has 1 amide bonds. The van der Waals surface area contributed by atoms with E-state index in [1.165, 1.54) is 0 Å². The number of likely N-dealkylation sites (N-methyl/N-ethyl adjacent to an activating group) is 1. The molecule has 1 unspecified atom stereocenters. The van der Waals surface area contributed by atoms with E-state index in [9.17, 15) is 4.79 Å². The Kier molecular flexibility index (Phi) is 1.19. The Labute approximate surface area is 47.6 Å². The van der Waals surface area contributed by atoms with Crippen molar-refractivity contribution in [3.63, 3.8) is 0 Å². The average Bonchev–Trinajstić information content (AvgIpc) is 1.85. The highest BCUT2D eigenvalue weighted by molar-refractivity contribution is 5.80. The van der Waals surface area contributed by atoms with Crippen molar-refractivity contribution in [2.24, 2.45) is 5.73 Å². The van der Waals surface area contributed by atoms with Gasteiger partial charge in [0.1, 0.15) is 6.29 Å². The second kappa shape index (κ2) is 1.72. The molecule has 1 aliphatic heterocycles. The van der Waals surface area contributed by atoms with E-state index in [0.29, 0.717) is 6.54 Å². The summed E-state index contributed by atoms with van der Waals surface area (Å²) in [5.41, 5.74) is 5.36. The van der Waals surface area contributed by atoms with Gasteiger partial charge in [-0.3, -0.25) is 15.4 Å². The van der Waals surface area contributed by atoms with Gasteiger partial charge in [0.05, 0.1) is 6.54 Å². The lowest BCUT2D eigenvalue weighted by atomic mass is 10.6. The molecule has 8 heavy (non-hydrogen) atoms. The fourth-order valence-electron chi connectivity index (χ4n) is 0.646. The Morgan fingerprint density at radius 3 is 2.75 bits per heavy atom.